The molecule has 0 unspecified atom stereocenters. The number of anilines is 2. The Morgan fingerprint density at radius 2 is 2.10 bits per heavy atom. The van der Waals surface area contributed by atoms with Crippen LogP contribution in [0.5, 0.6) is 0 Å². The first-order valence-corrected chi connectivity index (χ1v) is 6.77. The van der Waals surface area contributed by atoms with E-state index in [0.717, 1.165) is 0 Å². The summed E-state index contributed by atoms with van der Waals surface area (Å²) >= 11 is 0. The minimum absolute atomic E-state index is 0.237. The summed E-state index contributed by atoms with van der Waals surface area (Å²) in [6.45, 7) is 6.30. The first kappa shape index (κ1) is 17.1. The van der Waals surface area contributed by atoms with Crippen molar-refractivity contribution in [2.24, 2.45) is 0 Å². The molecule has 0 saturated heterocycles. The summed E-state index contributed by atoms with van der Waals surface area (Å²) < 4.78 is 10.5. The van der Waals surface area contributed by atoms with Crippen molar-refractivity contribution >= 4 is 23.3 Å². The van der Waals surface area contributed by atoms with Gasteiger partial charge in [-0.15, -0.1) is 0 Å². The molecule has 0 fully saturated rings. The second-order valence-electron chi connectivity index (χ2n) is 4.28. The lowest BCUT2D eigenvalue weighted by atomic mass is 10.3. The van der Waals surface area contributed by atoms with Crippen LogP contribution in [-0.4, -0.2) is 42.7 Å². The van der Waals surface area contributed by atoms with Gasteiger partial charge in [-0.3, -0.25) is 9.59 Å². The van der Waals surface area contributed by atoms with Gasteiger partial charge in [-0.25, -0.2) is 4.98 Å². The van der Waals surface area contributed by atoms with Crippen LogP contribution < -0.4 is 10.6 Å². The van der Waals surface area contributed by atoms with Crippen LogP contribution in [0.2, 0.25) is 0 Å². The predicted octanol–water partition coefficient (Wildman–Crippen LogP) is 1.42. The van der Waals surface area contributed by atoms with E-state index in [-0.39, 0.29) is 17.6 Å². The summed E-state index contributed by atoms with van der Waals surface area (Å²) in [5.74, 6) is -0.283. The zero-order chi connectivity index (χ0) is 15.7. The lowest BCUT2D eigenvalue weighted by molar-refractivity contribution is -0.127. The van der Waals surface area contributed by atoms with Crippen LogP contribution in [0.4, 0.5) is 11.5 Å². The standard InChI is InChI=1S/C14H21N3O4/c1-4-20-8-9-21-10(2)14(19)17-13-12(16-11(3)18)6-5-7-15-13/h5-7,10H,4,8-9H2,1-3H3,(H,16,18)(H,15,17,19)/t10-/m1/s1. The molecule has 1 heterocycles. The predicted molar refractivity (Wildman–Crippen MR) is 79.1 cm³/mol. The van der Waals surface area contributed by atoms with E-state index < -0.39 is 6.10 Å². The third kappa shape index (κ3) is 6.33. The minimum atomic E-state index is -0.641. The summed E-state index contributed by atoms with van der Waals surface area (Å²) in [6.07, 6.45) is 0.888. The van der Waals surface area contributed by atoms with Crippen LogP contribution >= 0.6 is 0 Å². The topological polar surface area (TPSA) is 89.6 Å². The number of hydrogen-bond donors (Lipinski definition) is 2. The molecule has 116 valence electrons. The van der Waals surface area contributed by atoms with Gasteiger partial charge in [0.2, 0.25) is 5.91 Å². The van der Waals surface area contributed by atoms with Crippen molar-refractivity contribution in [3.63, 3.8) is 0 Å². The van der Waals surface area contributed by atoms with Crippen molar-refractivity contribution in [2.45, 2.75) is 26.9 Å². The number of nitrogens with zero attached hydrogens (tertiary/aromatic N) is 1. The van der Waals surface area contributed by atoms with Gasteiger partial charge in [0.05, 0.1) is 18.9 Å². The monoisotopic (exact) mass is 295 g/mol. The third-order valence-electron chi connectivity index (χ3n) is 2.53. The number of nitrogens with one attached hydrogen (secondary N) is 2. The lowest BCUT2D eigenvalue weighted by Crippen LogP contribution is -2.29. The van der Waals surface area contributed by atoms with Crippen LogP contribution in [-0.2, 0) is 19.1 Å². The zero-order valence-corrected chi connectivity index (χ0v) is 12.5. The smallest absolute Gasteiger partial charge is 0.254 e. The first-order valence-electron chi connectivity index (χ1n) is 6.77. The Bertz CT molecular complexity index is 479. The first-order chi connectivity index (χ1) is 10.0. The fourth-order valence-corrected chi connectivity index (χ4v) is 1.52. The van der Waals surface area contributed by atoms with Gasteiger partial charge in [0.1, 0.15) is 6.10 Å². The maximum atomic E-state index is 12.0. The number of carbonyl (C=O) groups excluding carboxylic acids is 2. The van der Waals surface area contributed by atoms with Crippen LogP contribution in [0, 0.1) is 0 Å². The number of aromatic nitrogens is 1. The van der Waals surface area contributed by atoms with Crippen molar-refractivity contribution in [3.8, 4) is 0 Å². The second-order valence-corrected chi connectivity index (χ2v) is 4.28. The molecule has 0 aliphatic carbocycles. The zero-order valence-electron chi connectivity index (χ0n) is 12.5. The molecule has 0 saturated carbocycles. The quantitative estimate of drug-likeness (QED) is 0.708. The van der Waals surface area contributed by atoms with Crippen molar-refractivity contribution in [1.29, 1.82) is 0 Å². The van der Waals surface area contributed by atoms with E-state index in [1.807, 2.05) is 6.92 Å². The molecule has 1 aromatic rings. The van der Waals surface area contributed by atoms with E-state index in [1.165, 1.54) is 13.1 Å². The highest BCUT2D eigenvalue weighted by Crippen LogP contribution is 2.18. The molecule has 0 bridgehead atoms. The Morgan fingerprint density at radius 1 is 1.33 bits per heavy atom. The normalized spacial score (nSPS) is 11.8. The maximum Gasteiger partial charge on any atom is 0.254 e. The third-order valence-corrected chi connectivity index (χ3v) is 2.53. The molecule has 1 rings (SSSR count). The Hall–Kier alpha value is -1.99. The summed E-state index contributed by atoms with van der Waals surface area (Å²) in [5.41, 5.74) is 0.444. The fourth-order valence-electron chi connectivity index (χ4n) is 1.52. The number of pyridine rings is 1. The average Bonchev–Trinajstić information content (AvgIpc) is 2.45. The highest BCUT2D eigenvalue weighted by Gasteiger charge is 2.16. The Labute approximate surface area is 124 Å². The molecule has 0 spiro atoms. The SMILES string of the molecule is CCOCCO[C@H](C)C(=O)Nc1ncccc1NC(C)=O. The van der Waals surface area contributed by atoms with E-state index in [2.05, 4.69) is 15.6 Å². The number of amides is 2. The highest BCUT2D eigenvalue weighted by molar-refractivity contribution is 5.99. The average molecular weight is 295 g/mol. The Morgan fingerprint density at radius 3 is 2.76 bits per heavy atom. The van der Waals surface area contributed by atoms with Crippen molar-refractivity contribution < 1.29 is 19.1 Å². The largest absolute Gasteiger partial charge is 0.379 e. The molecule has 1 aromatic heterocycles. The summed E-state index contributed by atoms with van der Waals surface area (Å²) in [6, 6.07) is 3.33. The molecular weight excluding hydrogens is 274 g/mol. The number of carbonyl (C=O) groups is 2. The summed E-state index contributed by atoms with van der Waals surface area (Å²) in [5, 5.41) is 5.23. The molecule has 0 radical (unpaired) electrons. The van der Waals surface area contributed by atoms with Gasteiger partial charge < -0.3 is 20.1 Å². The van der Waals surface area contributed by atoms with Gasteiger partial charge in [-0.2, -0.15) is 0 Å². The molecule has 2 amide bonds. The van der Waals surface area contributed by atoms with E-state index in [1.54, 1.807) is 19.1 Å². The summed E-state index contributed by atoms with van der Waals surface area (Å²) in [4.78, 5) is 27.1. The van der Waals surface area contributed by atoms with E-state index >= 15 is 0 Å². The van der Waals surface area contributed by atoms with Gasteiger partial charge in [-0.1, -0.05) is 0 Å². The van der Waals surface area contributed by atoms with Gasteiger partial charge >= 0.3 is 0 Å². The maximum absolute atomic E-state index is 12.0. The molecular formula is C14H21N3O4. The molecule has 21 heavy (non-hydrogen) atoms. The van der Waals surface area contributed by atoms with E-state index in [0.29, 0.717) is 25.5 Å². The van der Waals surface area contributed by atoms with Crippen LogP contribution in [0.3, 0.4) is 0 Å². The molecule has 0 aliphatic rings. The van der Waals surface area contributed by atoms with Crippen LogP contribution in [0.25, 0.3) is 0 Å². The van der Waals surface area contributed by atoms with Crippen molar-refractivity contribution in [2.75, 3.05) is 30.5 Å². The minimum Gasteiger partial charge on any atom is -0.379 e. The van der Waals surface area contributed by atoms with Crippen LogP contribution in [0.15, 0.2) is 18.3 Å². The molecule has 7 nitrogen and oxygen atoms in total. The van der Waals surface area contributed by atoms with E-state index in [4.69, 9.17) is 9.47 Å². The van der Waals surface area contributed by atoms with Gasteiger partial charge in [0, 0.05) is 19.7 Å². The van der Waals surface area contributed by atoms with Gasteiger partial charge in [0.25, 0.3) is 5.91 Å². The second kappa shape index (κ2) is 9.04. The van der Waals surface area contributed by atoms with Gasteiger partial charge in [-0.05, 0) is 26.0 Å². The highest BCUT2D eigenvalue weighted by atomic mass is 16.5. The molecule has 0 aromatic carbocycles. The van der Waals surface area contributed by atoms with Crippen molar-refractivity contribution in [1.82, 2.24) is 4.98 Å². The number of ether oxygens (including phenoxy) is 2. The number of hydrogen-bond acceptors (Lipinski definition) is 5. The van der Waals surface area contributed by atoms with E-state index in [9.17, 15) is 9.59 Å². The van der Waals surface area contributed by atoms with Gasteiger partial charge in [0.15, 0.2) is 5.82 Å². The van der Waals surface area contributed by atoms with Crippen LogP contribution in [0.1, 0.15) is 20.8 Å². The number of rotatable bonds is 8. The summed E-state index contributed by atoms with van der Waals surface area (Å²) in [7, 11) is 0. The fraction of sp³-hybridized carbons (Fsp3) is 0.500. The molecule has 1 atom stereocenters. The van der Waals surface area contributed by atoms with Crippen molar-refractivity contribution in [3.05, 3.63) is 18.3 Å². The Balaban J connectivity index is 2.55. The Kier molecular flexibility index (Phi) is 7.34. The molecule has 7 heteroatoms. The molecule has 0 aliphatic heterocycles. The lowest BCUT2D eigenvalue weighted by Gasteiger charge is -2.14. The molecule has 2 N–H and O–H groups in total.